The van der Waals surface area contributed by atoms with Gasteiger partial charge in [0, 0.05) is 24.0 Å². The highest BCUT2D eigenvalue weighted by Crippen LogP contribution is 2.33. The molecule has 2 rings (SSSR count). The number of carbonyl (C=O) groups excluding carboxylic acids is 1. The van der Waals surface area contributed by atoms with Crippen LogP contribution in [0.2, 0.25) is 0 Å². The van der Waals surface area contributed by atoms with Gasteiger partial charge in [0.05, 0.1) is 7.11 Å². The van der Waals surface area contributed by atoms with E-state index < -0.39 is 0 Å². The van der Waals surface area contributed by atoms with Crippen LogP contribution in [0.4, 0.5) is 0 Å². The molecule has 0 atom stereocenters. The second-order valence-corrected chi connectivity index (χ2v) is 6.15. The molecular weight excluding hydrogens is 294 g/mol. The molecule has 4 heteroatoms. The van der Waals surface area contributed by atoms with Crippen molar-refractivity contribution in [2.75, 3.05) is 20.7 Å². The zero-order chi connectivity index (χ0) is 13.1. The third-order valence-corrected chi connectivity index (χ3v) is 4.12. The van der Waals surface area contributed by atoms with E-state index in [-0.39, 0.29) is 5.91 Å². The Labute approximate surface area is 116 Å². The minimum atomic E-state index is 0.0620. The van der Waals surface area contributed by atoms with Crippen LogP contribution in [-0.2, 0) is 0 Å². The average Bonchev–Trinajstić information content (AvgIpc) is 2.36. The maximum absolute atomic E-state index is 12.2. The van der Waals surface area contributed by atoms with E-state index in [1.807, 2.05) is 25.2 Å². The summed E-state index contributed by atoms with van der Waals surface area (Å²) in [5.41, 5.74) is 0.687. The highest BCUT2D eigenvalue weighted by molar-refractivity contribution is 9.09. The maximum Gasteiger partial charge on any atom is 0.253 e. The number of benzene rings is 1. The smallest absolute Gasteiger partial charge is 0.253 e. The molecule has 0 bridgehead atoms. The summed E-state index contributed by atoms with van der Waals surface area (Å²) in [5.74, 6) is 1.42. The fraction of sp³-hybridized carbons (Fsp3) is 0.500. The first-order valence-corrected chi connectivity index (χ1v) is 7.05. The number of carbonyl (C=O) groups is 1. The molecule has 3 nitrogen and oxygen atoms in total. The molecule has 98 valence electrons. The van der Waals surface area contributed by atoms with Crippen molar-refractivity contribution in [2.45, 2.75) is 17.7 Å². The maximum atomic E-state index is 12.2. The Morgan fingerprint density at radius 3 is 2.83 bits per heavy atom. The van der Waals surface area contributed by atoms with Gasteiger partial charge in [0.15, 0.2) is 0 Å². The van der Waals surface area contributed by atoms with Crippen molar-refractivity contribution < 1.29 is 9.53 Å². The van der Waals surface area contributed by atoms with Crippen LogP contribution in [0.3, 0.4) is 0 Å². The Kier molecular flexibility index (Phi) is 4.27. The van der Waals surface area contributed by atoms with Gasteiger partial charge in [-0.25, -0.2) is 0 Å². The fourth-order valence-electron chi connectivity index (χ4n) is 2.25. The molecular formula is C14H18BrNO2. The van der Waals surface area contributed by atoms with E-state index >= 15 is 0 Å². The van der Waals surface area contributed by atoms with Crippen molar-refractivity contribution in [3.63, 3.8) is 0 Å². The molecule has 1 amide bonds. The van der Waals surface area contributed by atoms with Crippen LogP contribution in [0.25, 0.3) is 0 Å². The van der Waals surface area contributed by atoms with Gasteiger partial charge in [-0.05, 0) is 37.0 Å². The highest BCUT2D eigenvalue weighted by Gasteiger charge is 2.28. The van der Waals surface area contributed by atoms with Gasteiger partial charge in [-0.15, -0.1) is 0 Å². The van der Waals surface area contributed by atoms with Crippen molar-refractivity contribution in [3.05, 3.63) is 29.8 Å². The van der Waals surface area contributed by atoms with E-state index in [0.717, 1.165) is 25.1 Å². The van der Waals surface area contributed by atoms with Crippen molar-refractivity contribution >= 4 is 21.8 Å². The van der Waals surface area contributed by atoms with Crippen LogP contribution in [0.15, 0.2) is 24.3 Å². The van der Waals surface area contributed by atoms with Gasteiger partial charge in [-0.1, -0.05) is 22.0 Å². The lowest BCUT2D eigenvalue weighted by molar-refractivity contribution is 0.0748. The van der Waals surface area contributed by atoms with Crippen LogP contribution in [-0.4, -0.2) is 36.3 Å². The summed E-state index contributed by atoms with van der Waals surface area (Å²) in [7, 11) is 3.47. The summed E-state index contributed by atoms with van der Waals surface area (Å²) in [6.45, 7) is 0.831. The van der Waals surface area contributed by atoms with Crippen molar-refractivity contribution in [1.82, 2.24) is 4.90 Å². The van der Waals surface area contributed by atoms with Gasteiger partial charge < -0.3 is 9.64 Å². The third kappa shape index (κ3) is 3.05. The number of ether oxygens (including phenoxy) is 1. The summed E-state index contributed by atoms with van der Waals surface area (Å²) in [6.07, 6.45) is 2.32. The summed E-state index contributed by atoms with van der Waals surface area (Å²) in [4.78, 5) is 14.7. The summed E-state index contributed by atoms with van der Waals surface area (Å²) in [5, 5.41) is 0. The van der Waals surface area contributed by atoms with Crippen molar-refractivity contribution in [3.8, 4) is 5.75 Å². The van der Waals surface area contributed by atoms with Gasteiger partial charge >= 0.3 is 0 Å². The monoisotopic (exact) mass is 311 g/mol. The molecule has 1 aromatic rings. The van der Waals surface area contributed by atoms with E-state index in [1.165, 1.54) is 0 Å². The largest absolute Gasteiger partial charge is 0.497 e. The highest BCUT2D eigenvalue weighted by atomic mass is 79.9. The quantitative estimate of drug-likeness (QED) is 0.800. The van der Waals surface area contributed by atoms with E-state index in [1.54, 1.807) is 18.1 Å². The summed E-state index contributed by atoms with van der Waals surface area (Å²) >= 11 is 3.57. The Hall–Kier alpha value is -1.03. The second-order valence-electron chi connectivity index (χ2n) is 4.85. The molecule has 0 aliphatic heterocycles. The average molecular weight is 312 g/mol. The summed E-state index contributed by atoms with van der Waals surface area (Å²) < 4.78 is 5.14. The Morgan fingerprint density at radius 1 is 1.50 bits per heavy atom. The van der Waals surface area contributed by atoms with E-state index in [4.69, 9.17) is 4.74 Å². The van der Waals surface area contributed by atoms with Crippen LogP contribution in [0.1, 0.15) is 23.2 Å². The van der Waals surface area contributed by atoms with E-state index in [0.29, 0.717) is 16.3 Å². The normalized spacial score (nSPS) is 22.2. The number of alkyl halides is 1. The molecule has 1 aliphatic rings. The van der Waals surface area contributed by atoms with Gasteiger partial charge in [0.2, 0.25) is 0 Å². The molecule has 0 aromatic heterocycles. The van der Waals surface area contributed by atoms with Crippen molar-refractivity contribution in [1.29, 1.82) is 0 Å². The molecule has 1 saturated carbocycles. The minimum Gasteiger partial charge on any atom is -0.497 e. The predicted molar refractivity (Wildman–Crippen MR) is 75.4 cm³/mol. The van der Waals surface area contributed by atoms with Gasteiger partial charge in [-0.3, -0.25) is 4.79 Å². The third-order valence-electron chi connectivity index (χ3n) is 3.37. The molecule has 0 saturated heterocycles. The minimum absolute atomic E-state index is 0.0620. The number of rotatable bonds is 4. The number of methoxy groups -OCH3 is 1. The van der Waals surface area contributed by atoms with Crippen LogP contribution >= 0.6 is 15.9 Å². The van der Waals surface area contributed by atoms with Gasteiger partial charge in [0.1, 0.15) is 5.75 Å². The fourth-order valence-corrected chi connectivity index (χ4v) is 3.31. The number of hydrogen-bond acceptors (Lipinski definition) is 2. The first-order chi connectivity index (χ1) is 8.60. The Morgan fingerprint density at radius 2 is 2.22 bits per heavy atom. The number of hydrogen-bond donors (Lipinski definition) is 0. The lowest BCUT2D eigenvalue weighted by atomic mass is 9.85. The molecule has 0 heterocycles. The Bertz CT molecular complexity index is 430. The number of amides is 1. The van der Waals surface area contributed by atoms with Gasteiger partial charge in [0.25, 0.3) is 5.91 Å². The molecule has 1 aliphatic carbocycles. The van der Waals surface area contributed by atoms with Crippen LogP contribution in [0.5, 0.6) is 5.75 Å². The molecule has 1 fully saturated rings. The molecule has 18 heavy (non-hydrogen) atoms. The predicted octanol–water partition coefficient (Wildman–Crippen LogP) is 2.94. The molecule has 0 radical (unpaired) electrons. The standard InChI is InChI=1S/C14H18BrNO2/c1-16(9-10-6-12(15)7-10)14(17)11-4-3-5-13(8-11)18-2/h3-5,8,10,12H,6-7,9H2,1-2H3. The van der Waals surface area contributed by atoms with Crippen LogP contribution in [0, 0.1) is 5.92 Å². The van der Waals surface area contributed by atoms with E-state index in [2.05, 4.69) is 15.9 Å². The first kappa shape index (κ1) is 13.4. The number of halogens is 1. The lowest BCUT2D eigenvalue weighted by Gasteiger charge is -2.34. The van der Waals surface area contributed by atoms with Gasteiger partial charge in [-0.2, -0.15) is 0 Å². The van der Waals surface area contributed by atoms with Crippen molar-refractivity contribution in [2.24, 2.45) is 5.92 Å². The topological polar surface area (TPSA) is 29.5 Å². The zero-order valence-electron chi connectivity index (χ0n) is 10.7. The SMILES string of the molecule is COc1cccc(C(=O)N(C)CC2CC(Br)C2)c1. The lowest BCUT2D eigenvalue weighted by Crippen LogP contribution is -2.37. The molecule has 0 spiro atoms. The van der Waals surface area contributed by atoms with Crippen LogP contribution < -0.4 is 4.74 Å². The first-order valence-electron chi connectivity index (χ1n) is 6.13. The zero-order valence-corrected chi connectivity index (χ0v) is 12.3. The molecule has 0 unspecified atom stereocenters. The number of nitrogens with zero attached hydrogens (tertiary/aromatic N) is 1. The second kappa shape index (κ2) is 5.74. The summed E-state index contributed by atoms with van der Waals surface area (Å²) in [6, 6.07) is 7.30. The molecule has 1 aromatic carbocycles. The molecule has 0 N–H and O–H groups in total. The Balaban J connectivity index is 1.96. The van der Waals surface area contributed by atoms with E-state index in [9.17, 15) is 4.79 Å².